The highest BCUT2D eigenvalue weighted by atomic mass is 19.1. The van der Waals surface area contributed by atoms with Crippen molar-refractivity contribution in [3.8, 4) is 0 Å². The summed E-state index contributed by atoms with van der Waals surface area (Å²) in [5.41, 5.74) is 2.50. The zero-order valence-electron chi connectivity index (χ0n) is 10.4. The van der Waals surface area contributed by atoms with Crippen LogP contribution in [0.5, 0.6) is 0 Å². The van der Waals surface area contributed by atoms with E-state index in [4.69, 9.17) is 5.11 Å². The average molecular weight is 260 g/mol. The summed E-state index contributed by atoms with van der Waals surface area (Å²) in [5, 5.41) is 11.9. The molecule has 0 unspecified atom stereocenters. The van der Waals surface area contributed by atoms with Gasteiger partial charge in [0.05, 0.1) is 17.8 Å². The number of halogens is 1. The molecule has 0 amide bonds. The van der Waals surface area contributed by atoms with Gasteiger partial charge in [0.15, 0.2) is 0 Å². The quantitative estimate of drug-likeness (QED) is 0.887. The predicted molar refractivity (Wildman–Crippen MR) is 69.7 cm³/mol. The molecule has 0 saturated carbocycles. The third-order valence-corrected chi connectivity index (χ3v) is 2.72. The van der Waals surface area contributed by atoms with Gasteiger partial charge in [-0.2, -0.15) is 0 Å². The number of aryl methyl sites for hydroxylation is 1. The second-order valence-corrected chi connectivity index (χ2v) is 4.16. The van der Waals surface area contributed by atoms with Crippen LogP contribution in [0.4, 0.5) is 10.1 Å². The van der Waals surface area contributed by atoms with Gasteiger partial charge in [0.1, 0.15) is 5.82 Å². The molecule has 0 saturated heterocycles. The molecule has 2 aromatic rings. The van der Waals surface area contributed by atoms with Gasteiger partial charge < -0.3 is 10.4 Å². The van der Waals surface area contributed by atoms with Gasteiger partial charge in [-0.3, -0.25) is 4.98 Å². The molecule has 2 N–H and O–H groups in total. The highest BCUT2D eigenvalue weighted by Gasteiger charge is 2.04. The summed E-state index contributed by atoms with van der Waals surface area (Å²) in [6.07, 6.45) is 1.32. The lowest BCUT2D eigenvalue weighted by Gasteiger charge is -2.09. The zero-order valence-corrected chi connectivity index (χ0v) is 10.4. The van der Waals surface area contributed by atoms with Crippen molar-refractivity contribution >= 4 is 11.7 Å². The van der Waals surface area contributed by atoms with Crippen LogP contribution in [0.25, 0.3) is 0 Å². The van der Waals surface area contributed by atoms with E-state index in [0.29, 0.717) is 12.2 Å². The number of carboxylic acids is 1. The number of aromatic nitrogens is 1. The third-order valence-electron chi connectivity index (χ3n) is 2.72. The molecule has 1 aromatic carbocycles. The summed E-state index contributed by atoms with van der Waals surface area (Å²) < 4.78 is 12.9. The Kier molecular flexibility index (Phi) is 3.75. The Morgan fingerprint density at radius 1 is 1.37 bits per heavy atom. The molecule has 1 aromatic heterocycles. The monoisotopic (exact) mass is 260 g/mol. The lowest BCUT2D eigenvalue weighted by atomic mass is 10.2. The van der Waals surface area contributed by atoms with Gasteiger partial charge in [-0.05, 0) is 42.8 Å². The molecule has 0 spiro atoms. The fraction of sp³-hybridized carbons (Fsp3) is 0.143. The zero-order chi connectivity index (χ0) is 13.8. The summed E-state index contributed by atoms with van der Waals surface area (Å²) in [6, 6.07) is 7.65. The highest BCUT2D eigenvalue weighted by Crippen LogP contribution is 2.16. The van der Waals surface area contributed by atoms with E-state index in [0.717, 1.165) is 11.3 Å². The van der Waals surface area contributed by atoms with E-state index in [-0.39, 0.29) is 11.4 Å². The van der Waals surface area contributed by atoms with Crippen molar-refractivity contribution in [2.75, 3.05) is 5.32 Å². The number of benzene rings is 1. The van der Waals surface area contributed by atoms with Crippen LogP contribution in [0, 0.1) is 12.7 Å². The van der Waals surface area contributed by atoms with E-state index in [2.05, 4.69) is 10.3 Å². The van der Waals surface area contributed by atoms with E-state index >= 15 is 0 Å². The van der Waals surface area contributed by atoms with Crippen molar-refractivity contribution < 1.29 is 14.3 Å². The molecule has 4 nitrogen and oxygen atoms in total. The van der Waals surface area contributed by atoms with Gasteiger partial charge in [0.2, 0.25) is 0 Å². The molecule has 0 fully saturated rings. The van der Waals surface area contributed by atoms with E-state index < -0.39 is 5.97 Å². The summed E-state index contributed by atoms with van der Waals surface area (Å²) >= 11 is 0. The maximum Gasteiger partial charge on any atom is 0.337 e. The molecule has 98 valence electrons. The van der Waals surface area contributed by atoms with Crippen LogP contribution in [-0.4, -0.2) is 16.1 Å². The first-order chi connectivity index (χ1) is 9.06. The SMILES string of the molecule is Cc1cc(F)ccc1NCc1ccc(C(=O)O)cn1. The maximum atomic E-state index is 12.9. The van der Waals surface area contributed by atoms with Crippen LogP contribution in [0.1, 0.15) is 21.6 Å². The predicted octanol–water partition coefficient (Wildman–Crippen LogP) is 2.84. The van der Waals surface area contributed by atoms with Crippen molar-refractivity contribution in [1.82, 2.24) is 4.98 Å². The fourth-order valence-electron chi connectivity index (χ4n) is 1.67. The number of nitrogens with zero attached hydrogens (tertiary/aromatic N) is 1. The number of anilines is 1. The summed E-state index contributed by atoms with van der Waals surface area (Å²) in [4.78, 5) is 14.7. The largest absolute Gasteiger partial charge is 0.478 e. The minimum Gasteiger partial charge on any atom is -0.478 e. The number of hydrogen-bond donors (Lipinski definition) is 2. The van der Waals surface area contributed by atoms with Crippen LogP contribution < -0.4 is 5.32 Å². The first kappa shape index (κ1) is 13.0. The van der Waals surface area contributed by atoms with E-state index in [1.54, 1.807) is 12.1 Å². The second kappa shape index (κ2) is 5.48. The first-order valence-electron chi connectivity index (χ1n) is 5.74. The molecule has 0 bridgehead atoms. The Hall–Kier alpha value is -2.43. The molecule has 0 aliphatic carbocycles. The standard InChI is InChI=1S/C14H13FN2O2/c1-9-6-11(15)3-5-13(9)17-8-12-4-2-10(7-16-12)14(18)19/h2-7,17H,8H2,1H3,(H,18,19). The molecule has 5 heteroatoms. The molecule has 0 aliphatic heterocycles. The minimum atomic E-state index is -0.999. The molecule has 0 aliphatic rings. The Balaban J connectivity index is 2.04. The second-order valence-electron chi connectivity index (χ2n) is 4.16. The van der Waals surface area contributed by atoms with Gasteiger partial charge in [-0.15, -0.1) is 0 Å². The van der Waals surface area contributed by atoms with Gasteiger partial charge in [0, 0.05) is 11.9 Å². The summed E-state index contributed by atoms with van der Waals surface area (Å²) in [7, 11) is 0. The van der Waals surface area contributed by atoms with E-state index in [1.807, 2.05) is 6.92 Å². The topological polar surface area (TPSA) is 62.2 Å². The average Bonchev–Trinajstić information content (AvgIpc) is 2.38. The summed E-state index contributed by atoms with van der Waals surface area (Å²) in [5.74, 6) is -1.27. The van der Waals surface area contributed by atoms with E-state index in [9.17, 15) is 9.18 Å². The molecular formula is C14H13FN2O2. The fourth-order valence-corrected chi connectivity index (χ4v) is 1.67. The van der Waals surface area contributed by atoms with E-state index in [1.165, 1.54) is 24.4 Å². The highest BCUT2D eigenvalue weighted by molar-refractivity contribution is 5.87. The number of pyridine rings is 1. The van der Waals surface area contributed by atoms with Crippen LogP contribution >= 0.6 is 0 Å². The maximum absolute atomic E-state index is 12.9. The summed E-state index contributed by atoms with van der Waals surface area (Å²) in [6.45, 7) is 2.26. The first-order valence-corrected chi connectivity index (χ1v) is 5.74. The van der Waals surface area contributed by atoms with Gasteiger partial charge >= 0.3 is 5.97 Å². The molecule has 0 atom stereocenters. The molecule has 19 heavy (non-hydrogen) atoms. The lowest BCUT2D eigenvalue weighted by Crippen LogP contribution is -2.04. The Bertz CT molecular complexity index is 597. The minimum absolute atomic E-state index is 0.154. The van der Waals surface area contributed by atoms with Crippen molar-refractivity contribution in [1.29, 1.82) is 0 Å². The normalized spacial score (nSPS) is 10.2. The Labute approximate surface area is 109 Å². The third kappa shape index (κ3) is 3.28. The molecule has 1 heterocycles. The van der Waals surface area contributed by atoms with Gasteiger partial charge in [-0.1, -0.05) is 0 Å². The molecule has 2 rings (SSSR count). The number of nitrogens with one attached hydrogen (secondary N) is 1. The van der Waals surface area contributed by atoms with Crippen molar-refractivity contribution in [2.24, 2.45) is 0 Å². The Morgan fingerprint density at radius 3 is 2.74 bits per heavy atom. The molecule has 0 radical (unpaired) electrons. The van der Waals surface area contributed by atoms with Crippen LogP contribution in [0.3, 0.4) is 0 Å². The number of carbonyl (C=O) groups is 1. The number of rotatable bonds is 4. The van der Waals surface area contributed by atoms with Crippen molar-refractivity contribution in [3.05, 3.63) is 59.2 Å². The number of carboxylic acid groups (broad SMARTS) is 1. The van der Waals surface area contributed by atoms with Crippen LogP contribution in [0.2, 0.25) is 0 Å². The number of hydrogen-bond acceptors (Lipinski definition) is 3. The van der Waals surface area contributed by atoms with Crippen LogP contribution in [0.15, 0.2) is 36.5 Å². The molecular weight excluding hydrogens is 247 g/mol. The Morgan fingerprint density at radius 2 is 2.16 bits per heavy atom. The van der Waals surface area contributed by atoms with Crippen molar-refractivity contribution in [3.63, 3.8) is 0 Å². The van der Waals surface area contributed by atoms with Gasteiger partial charge in [0.25, 0.3) is 0 Å². The number of aromatic carboxylic acids is 1. The van der Waals surface area contributed by atoms with Gasteiger partial charge in [-0.25, -0.2) is 9.18 Å². The smallest absolute Gasteiger partial charge is 0.337 e. The van der Waals surface area contributed by atoms with Crippen LogP contribution in [-0.2, 0) is 6.54 Å². The lowest BCUT2D eigenvalue weighted by molar-refractivity contribution is 0.0696. The van der Waals surface area contributed by atoms with Crippen molar-refractivity contribution in [2.45, 2.75) is 13.5 Å².